The predicted octanol–water partition coefficient (Wildman–Crippen LogP) is 1.63. The molecule has 1 amide bonds. The number of carbonyl (C=O) groups is 1. The Hall–Kier alpha value is -1.86. The van der Waals surface area contributed by atoms with Crippen LogP contribution in [0.15, 0.2) is 30.3 Å². The Morgan fingerprint density at radius 3 is 2.89 bits per heavy atom. The number of amides is 1. The number of nitriles is 1. The lowest BCUT2D eigenvalue weighted by Gasteiger charge is -2.26. The summed E-state index contributed by atoms with van der Waals surface area (Å²) in [6.45, 7) is 1.91. The first-order chi connectivity index (χ1) is 9.22. The van der Waals surface area contributed by atoms with E-state index in [4.69, 9.17) is 5.26 Å². The van der Waals surface area contributed by atoms with Gasteiger partial charge in [-0.1, -0.05) is 30.3 Å². The fourth-order valence-electron chi connectivity index (χ4n) is 2.55. The van der Waals surface area contributed by atoms with E-state index in [1.165, 1.54) is 10.5 Å². The second-order valence-corrected chi connectivity index (χ2v) is 4.97. The van der Waals surface area contributed by atoms with Gasteiger partial charge >= 0.3 is 0 Å². The molecule has 0 bridgehead atoms. The molecule has 1 heterocycles. The van der Waals surface area contributed by atoms with Gasteiger partial charge in [-0.15, -0.1) is 0 Å². The van der Waals surface area contributed by atoms with Crippen molar-refractivity contribution in [3.8, 4) is 6.07 Å². The summed E-state index contributed by atoms with van der Waals surface area (Å²) in [5.41, 5.74) is 1.23. The predicted molar refractivity (Wildman–Crippen MR) is 73.1 cm³/mol. The molecule has 1 aromatic rings. The molecule has 1 fully saturated rings. The number of rotatable bonds is 4. The van der Waals surface area contributed by atoms with Gasteiger partial charge in [0, 0.05) is 13.6 Å². The number of hydrogen-bond acceptors (Lipinski definition) is 3. The maximum absolute atomic E-state index is 12.3. The zero-order valence-electron chi connectivity index (χ0n) is 11.2. The van der Waals surface area contributed by atoms with Crippen LogP contribution in [-0.2, 0) is 11.3 Å². The van der Waals surface area contributed by atoms with Crippen LogP contribution < -0.4 is 0 Å². The Kier molecular flexibility index (Phi) is 4.53. The third-order valence-corrected chi connectivity index (χ3v) is 3.56. The molecule has 1 aliphatic rings. The zero-order valence-corrected chi connectivity index (χ0v) is 11.2. The summed E-state index contributed by atoms with van der Waals surface area (Å²) in [6, 6.07) is 12.1. The van der Waals surface area contributed by atoms with E-state index in [-0.39, 0.29) is 18.5 Å². The Morgan fingerprint density at radius 2 is 2.21 bits per heavy atom. The van der Waals surface area contributed by atoms with Crippen molar-refractivity contribution < 1.29 is 4.79 Å². The van der Waals surface area contributed by atoms with E-state index < -0.39 is 0 Å². The molecule has 0 radical (unpaired) electrons. The van der Waals surface area contributed by atoms with Crippen molar-refractivity contribution in [2.24, 2.45) is 0 Å². The molecule has 1 saturated heterocycles. The quantitative estimate of drug-likeness (QED) is 0.770. The number of carbonyl (C=O) groups excluding carboxylic acids is 1. The fourth-order valence-corrected chi connectivity index (χ4v) is 2.55. The van der Waals surface area contributed by atoms with Gasteiger partial charge in [-0.3, -0.25) is 9.69 Å². The first kappa shape index (κ1) is 13.6. The van der Waals surface area contributed by atoms with Crippen molar-refractivity contribution in [3.63, 3.8) is 0 Å². The van der Waals surface area contributed by atoms with Crippen molar-refractivity contribution in [3.05, 3.63) is 35.9 Å². The molecule has 0 aromatic heterocycles. The Morgan fingerprint density at radius 1 is 1.47 bits per heavy atom. The van der Waals surface area contributed by atoms with Gasteiger partial charge in [0.1, 0.15) is 6.54 Å². The van der Waals surface area contributed by atoms with Crippen LogP contribution in [0, 0.1) is 11.3 Å². The summed E-state index contributed by atoms with van der Waals surface area (Å²) in [4.78, 5) is 16.0. The molecular weight excluding hydrogens is 238 g/mol. The van der Waals surface area contributed by atoms with E-state index in [1.54, 1.807) is 7.05 Å². The van der Waals surface area contributed by atoms with Crippen LogP contribution in [-0.4, -0.2) is 41.9 Å². The maximum atomic E-state index is 12.3. The lowest BCUT2D eigenvalue weighted by molar-refractivity contribution is -0.134. The van der Waals surface area contributed by atoms with Crippen molar-refractivity contribution >= 4 is 5.91 Å². The third kappa shape index (κ3) is 3.33. The molecule has 19 heavy (non-hydrogen) atoms. The minimum atomic E-state index is -0.0708. The van der Waals surface area contributed by atoms with E-state index in [2.05, 4.69) is 17.0 Å². The normalized spacial score (nSPS) is 19.1. The molecule has 100 valence electrons. The summed E-state index contributed by atoms with van der Waals surface area (Å²) in [7, 11) is 1.70. The largest absolute Gasteiger partial charge is 0.331 e. The highest BCUT2D eigenvalue weighted by molar-refractivity contribution is 5.82. The zero-order chi connectivity index (χ0) is 13.7. The molecule has 1 unspecified atom stereocenters. The summed E-state index contributed by atoms with van der Waals surface area (Å²) in [5, 5.41) is 8.67. The average Bonchev–Trinajstić information content (AvgIpc) is 2.87. The molecule has 1 aromatic carbocycles. The van der Waals surface area contributed by atoms with Gasteiger partial charge < -0.3 is 4.90 Å². The SMILES string of the molecule is CN(CC#N)C(=O)C1CCCN1Cc1ccccc1. The van der Waals surface area contributed by atoms with E-state index in [0.29, 0.717) is 0 Å². The van der Waals surface area contributed by atoms with E-state index in [1.807, 2.05) is 24.3 Å². The van der Waals surface area contributed by atoms with Crippen molar-refractivity contribution in [2.75, 3.05) is 20.1 Å². The molecule has 4 heteroatoms. The molecule has 1 aliphatic heterocycles. The number of likely N-dealkylation sites (tertiary alicyclic amines) is 1. The van der Waals surface area contributed by atoms with Gasteiger partial charge in [-0.25, -0.2) is 0 Å². The second kappa shape index (κ2) is 6.35. The minimum Gasteiger partial charge on any atom is -0.331 e. The van der Waals surface area contributed by atoms with Gasteiger partial charge in [0.15, 0.2) is 0 Å². The highest BCUT2D eigenvalue weighted by Gasteiger charge is 2.32. The first-order valence-electron chi connectivity index (χ1n) is 6.62. The first-order valence-corrected chi connectivity index (χ1v) is 6.62. The van der Waals surface area contributed by atoms with Gasteiger partial charge in [0.05, 0.1) is 12.1 Å². The molecule has 0 N–H and O–H groups in total. The highest BCUT2D eigenvalue weighted by atomic mass is 16.2. The molecular formula is C15H19N3O. The maximum Gasteiger partial charge on any atom is 0.240 e. The van der Waals surface area contributed by atoms with Crippen LogP contribution in [0.1, 0.15) is 18.4 Å². The molecule has 4 nitrogen and oxygen atoms in total. The third-order valence-electron chi connectivity index (χ3n) is 3.56. The van der Waals surface area contributed by atoms with Crippen LogP contribution in [0.4, 0.5) is 0 Å². The summed E-state index contributed by atoms with van der Waals surface area (Å²) in [6.07, 6.45) is 1.94. The Bertz CT molecular complexity index is 466. The van der Waals surface area contributed by atoms with E-state index in [0.717, 1.165) is 25.9 Å². The van der Waals surface area contributed by atoms with Gasteiger partial charge in [-0.05, 0) is 24.9 Å². The summed E-state index contributed by atoms with van der Waals surface area (Å²) >= 11 is 0. The number of likely N-dealkylation sites (N-methyl/N-ethyl adjacent to an activating group) is 1. The molecule has 1 atom stereocenters. The molecule has 2 rings (SSSR count). The van der Waals surface area contributed by atoms with Crippen LogP contribution in [0.3, 0.4) is 0 Å². The molecule has 0 aliphatic carbocycles. The van der Waals surface area contributed by atoms with Crippen LogP contribution >= 0.6 is 0 Å². The molecule has 0 spiro atoms. The summed E-state index contributed by atoms with van der Waals surface area (Å²) in [5.74, 6) is 0.0648. The topological polar surface area (TPSA) is 47.3 Å². The molecule has 0 saturated carbocycles. The number of hydrogen-bond donors (Lipinski definition) is 0. The lowest BCUT2D eigenvalue weighted by atomic mass is 10.1. The summed E-state index contributed by atoms with van der Waals surface area (Å²) < 4.78 is 0. The van der Waals surface area contributed by atoms with Crippen LogP contribution in [0.25, 0.3) is 0 Å². The van der Waals surface area contributed by atoms with E-state index >= 15 is 0 Å². The number of nitrogens with zero attached hydrogens (tertiary/aromatic N) is 3. The second-order valence-electron chi connectivity index (χ2n) is 4.97. The van der Waals surface area contributed by atoms with Gasteiger partial charge in [0.25, 0.3) is 0 Å². The van der Waals surface area contributed by atoms with Crippen molar-refractivity contribution in [2.45, 2.75) is 25.4 Å². The van der Waals surface area contributed by atoms with E-state index in [9.17, 15) is 4.79 Å². The highest BCUT2D eigenvalue weighted by Crippen LogP contribution is 2.21. The van der Waals surface area contributed by atoms with Gasteiger partial charge in [-0.2, -0.15) is 5.26 Å². The van der Waals surface area contributed by atoms with Crippen LogP contribution in [0.5, 0.6) is 0 Å². The fraction of sp³-hybridized carbons (Fsp3) is 0.467. The monoisotopic (exact) mass is 257 g/mol. The van der Waals surface area contributed by atoms with Crippen molar-refractivity contribution in [1.82, 2.24) is 9.80 Å². The average molecular weight is 257 g/mol. The Balaban J connectivity index is 2.01. The van der Waals surface area contributed by atoms with Gasteiger partial charge in [0.2, 0.25) is 5.91 Å². The van der Waals surface area contributed by atoms with Crippen LogP contribution in [0.2, 0.25) is 0 Å². The van der Waals surface area contributed by atoms with Crippen molar-refractivity contribution in [1.29, 1.82) is 5.26 Å². The smallest absolute Gasteiger partial charge is 0.240 e. The number of benzene rings is 1. The lowest BCUT2D eigenvalue weighted by Crippen LogP contribution is -2.43. The minimum absolute atomic E-state index is 0.0648. The standard InChI is InChI=1S/C15H19N3O/c1-17(11-9-16)15(19)14-8-5-10-18(14)12-13-6-3-2-4-7-13/h2-4,6-7,14H,5,8,10-12H2,1H3. The Labute approximate surface area is 114 Å².